The number of nitrogens with one attached hydrogen (secondary N) is 1. The number of benzene rings is 3. The van der Waals surface area contributed by atoms with Crippen LogP contribution < -0.4 is 32.0 Å². The van der Waals surface area contributed by atoms with Crippen molar-refractivity contribution >= 4 is 23.5 Å². The van der Waals surface area contributed by atoms with Gasteiger partial charge in [0.25, 0.3) is 0 Å². The van der Waals surface area contributed by atoms with E-state index in [1.165, 1.54) is 12.1 Å². The molecule has 3 aromatic rings. The fourth-order valence-corrected chi connectivity index (χ4v) is 4.97. The van der Waals surface area contributed by atoms with Gasteiger partial charge in [-0.1, -0.05) is 18.2 Å². The summed E-state index contributed by atoms with van der Waals surface area (Å²) in [5, 5.41) is 12.4. The Morgan fingerprint density at radius 2 is 1.57 bits per heavy atom. The summed E-state index contributed by atoms with van der Waals surface area (Å²) in [7, 11) is 3.10. The quantitative estimate of drug-likeness (QED) is 0.185. The number of carbonyl (C=O) groups excluding carboxylic acids is 2. The van der Waals surface area contributed by atoms with E-state index in [-0.39, 0.29) is 30.5 Å². The smallest absolute Gasteiger partial charge is 0.335 e. The lowest BCUT2D eigenvalue weighted by atomic mass is 9.93. The third-order valence-corrected chi connectivity index (χ3v) is 7.45. The Morgan fingerprint density at radius 1 is 0.932 bits per heavy atom. The Balaban J connectivity index is 1.85. The van der Waals surface area contributed by atoms with E-state index in [2.05, 4.69) is 5.32 Å². The highest BCUT2D eigenvalue weighted by molar-refractivity contribution is 5.93. The van der Waals surface area contributed by atoms with Crippen LogP contribution in [0.1, 0.15) is 55.5 Å². The molecule has 0 saturated heterocycles. The Morgan fingerprint density at radius 3 is 2.16 bits per heavy atom. The number of nitrogens with two attached hydrogens (primary N) is 3. The van der Waals surface area contributed by atoms with Gasteiger partial charge >= 0.3 is 5.97 Å². The number of ether oxygens (including phenoxy) is 2. The number of aryl methyl sites for hydroxylation is 2. The second kappa shape index (κ2) is 14.9. The Hall–Kier alpha value is -5.03. The highest BCUT2D eigenvalue weighted by Gasteiger charge is 2.27. The monoisotopic (exact) mass is 603 g/mol. The second-order valence-electron chi connectivity index (χ2n) is 10.7. The van der Waals surface area contributed by atoms with Crippen molar-refractivity contribution in [1.82, 2.24) is 10.2 Å². The first-order valence-corrected chi connectivity index (χ1v) is 14.1. The molecule has 0 heterocycles. The summed E-state index contributed by atoms with van der Waals surface area (Å²) in [6.07, 6.45) is 1.86. The van der Waals surface area contributed by atoms with Crippen LogP contribution in [-0.4, -0.2) is 60.6 Å². The lowest BCUT2D eigenvalue weighted by Gasteiger charge is -2.32. The first kappa shape index (κ1) is 33.5. The summed E-state index contributed by atoms with van der Waals surface area (Å²) < 4.78 is 10.8. The van der Waals surface area contributed by atoms with Crippen LogP contribution in [0, 0.1) is 13.8 Å². The topological polar surface area (TPSA) is 183 Å². The van der Waals surface area contributed by atoms with Gasteiger partial charge in [0.2, 0.25) is 11.8 Å². The van der Waals surface area contributed by atoms with Crippen LogP contribution >= 0.6 is 0 Å². The molecule has 0 saturated carbocycles. The summed E-state index contributed by atoms with van der Waals surface area (Å²) in [6.45, 7) is 6.20. The van der Waals surface area contributed by atoms with Crippen LogP contribution in [0.15, 0.2) is 60.8 Å². The molecule has 0 fully saturated rings. The van der Waals surface area contributed by atoms with Gasteiger partial charge in [-0.3, -0.25) is 9.59 Å². The Labute approximate surface area is 257 Å². The number of carboxylic acids is 1. The zero-order valence-corrected chi connectivity index (χ0v) is 25.7. The van der Waals surface area contributed by atoms with Crippen LogP contribution in [0.3, 0.4) is 0 Å². The van der Waals surface area contributed by atoms with Crippen molar-refractivity contribution in [1.29, 1.82) is 0 Å². The average molecular weight is 604 g/mol. The second-order valence-corrected chi connectivity index (χ2v) is 10.7. The minimum absolute atomic E-state index is 0.127. The SMILES string of the molecule is COc1ccc(CN(C(=O)[C@@H](N)Cc2c(C)cc(C(N)=O)cc2C)C(C)CN/C=C(\N)c2cccc(C(=O)O)c2)cc1OC. The molecule has 0 radical (unpaired) electrons. The molecule has 11 nitrogen and oxygen atoms in total. The number of amides is 2. The maximum absolute atomic E-state index is 13.9. The molecule has 11 heteroatoms. The molecule has 1 unspecified atom stereocenters. The fraction of sp³-hybridized carbons (Fsp3) is 0.303. The number of aromatic carboxylic acids is 1. The molecule has 0 spiro atoms. The third kappa shape index (κ3) is 8.29. The molecule has 0 bridgehead atoms. The molecule has 2 atom stereocenters. The lowest BCUT2D eigenvalue weighted by molar-refractivity contribution is -0.135. The number of carbonyl (C=O) groups is 3. The molecule has 0 aromatic heterocycles. The number of hydrogen-bond donors (Lipinski definition) is 5. The van der Waals surface area contributed by atoms with Crippen LogP contribution in [0.25, 0.3) is 5.70 Å². The normalized spacial score (nSPS) is 12.6. The van der Waals surface area contributed by atoms with E-state index in [1.807, 2.05) is 32.9 Å². The Bertz CT molecular complexity index is 1530. The first-order chi connectivity index (χ1) is 20.9. The van der Waals surface area contributed by atoms with Crippen molar-refractivity contribution in [3.8, 4) is 11.5 Å². The number of methoxy groups -OCH3 is 2. The summed E-state index contributed by atoms with van der Waals surface area (Å²) in [5.74, 6) is -0.727. The molecule has 3 rings (SSSR count). The van der Waals surface area contributed by atoms with E-state index in [0.29, 0.717) is 34.9 Å². The summed E-state index contributed by atoms with van der Waals surface area (Å²) >= 11 is 0. The number of nitrogens with zero attached hydrogens (tertiary/aromatic N) is 1. The van der Waals surface area contributed by atoms with Gasteiger partial charge in [0.15, 0.2) is 11.5 Å². The van der Waals surface area contributed by atoms with Crippen molar-refractivity contribution in [2.75, 3.05) is 20.8 Å². The molecule has 0 aliphatic carbocycles. The largest absolute Gasteiger partial charge is 0.493 e. The molecule has 0 aliphatic rings. The predicted octanol–water partition coefficient (Wildman–Crippen LogP) is 2.95. The van der Waals surface area contributed by atoms with E-state index in [1.54, 1.807) is 55.7 Å². The molecule has 0 aliphatic heterocycles. The summed E-state index contributed by atoms with van der Waals surface area (Å²) in [4.78, 5) is 38.7. The lowest BCUT2D eigenvalue weighted by Crippen LogP contribution is -2.50. The standard InChI is InChI=1S/C33H41N5O6/c1-19-11-25(31(36)39)12-20(2)26(19)15-27(34)32(40)38(18-22-9-10-29(43-4)30(13-22)44-5)21(3)16-37-17-28(35)23-7-6-8-24(14-23)33(41)42/h6-14,17,21,27,37H,15-16,18,34-35H2,1-5H3,(H2,36,39)(H,41,42)/b28-17-/t21?,27-/m0/s1. The number of primary amides is 1. The molecule has 44 heavy (non-hydrogen) atoms. The highest BCUT2D eigenvalue weighted by Crippen LogP contribution is 2.28. The maximum atomic E-state index is 13.9. The zero-order valence-electron chi connectivity index (χ0n) is 25.7. The van der Waals surface area contributed by atoms with Crippen LogP contribution in [0.4, 0.5) is 0 Å². The van der Waals surface area contributed by atoms with Gasteiger partial charge in [0, 0.05) is 30.9 Å². The van der Waals surface area contributed by atoms with Gasteiger partial charge in [0.1, 0.15) is 0 Å². The van der Waals surface area contributed by atoms with Crippen molar-refractivity contribution < 1.29 is 29.0 Å². The fourth-order valence-electron chi connectivity index (χ4n) is 4.97. The predicted molar refractivity (Wildman–Crippen MR) is 169 cm³/mol. The van der Waals surface area contributed by atoms with Crippen LogP contribution in [0.2, 0.25) is 0 Å². The first-order valence-electron chi connectivity index (χ1n) is 14.1. The van der Waals surface area contributed by atoms with Gasteiger partial charge in [-0.25, -0.2) is 4.79 Å². The number of rotatable bonds is 14. The maximum Gasteiger partial charge on any atom is 0.335 e. The average Bonchev–Trinajstić information content (AvgIpc) is 3.00. The van der Waals surface area contributed by atoms with E-state index in [4.69, 9.17) is 26.7 Å². The molecular formula is C33H41N5O6. The van der Waals surface area contributed by atoms with E-state index in [9.17, 15) is 19.5 Å². The minimum atomic E-state index is -1.05. The highest BCUT2D eigenvalue weighted by atomic mass is 16.5. The molecular weight excluding hydrogens is 562 g/mol. The van der Waals surface area contributed by atoms with Gasteiger partial charge in [-0.2, -0.15) is 0 Å². The van der Waals surface area contributed by atoms with Crippen molar-refractivity contribution in [2.24, 2.45) is 17.2 Å². The van der Waals surface area contributed by atoms with Crippen molar-refractivity contribution in [2.45, 2.75) is 45.8 Å². The summed E-state index contributed by atoms with van der Waals surface area (Å²) in [5.41, 5.74) is 23.0. The van der Waals surface area contributed by atoms with Gasteiger partial charge in [-0.05, 0) is 91.4 Å². The Kier molecular flexibility index (Phi) is 11.4. The number of carboxylic acid groups (broad SMARTS) is 1. The minimum Gasteiger partial charge on any atom is -0.493 e. The summed E-state index contributed by atoms with van der Waals surface area (Å²) in [6, 6.07) is 14.0. The molecule has 234 valence electrons. The van der Waals surface area contributed by atoms with E-state index < -0.39 is 17.9 Å². The van der Waals surface area contributed by atoms with Crippen LogP contribution in [-0.2, 0) is 17.8 Å². The van der Waals surface area contributed by atoms with Crippen molar-refractivity contribution in [3.05, 3.63) is 99.7 Å². The third-order valence-electron chi connectivity index (χ3n) is 7.45. The van der Waals surface area contributed by atoms with E-state index in [0.717, 1.165) is 22.3 Å². The van der Waals surface area contributed by atoms with Gasteiger partial charge in [0.05, 0.1) is 31.5 Å². The van der Waals surface area contributed by atoms with Gasteiger partial charge in [-0.15, -0.1) is 0 Å². The van der Waals surface area contributed by atoms with Crippen LogP contribution in [0.5, 0.6) is 11.5 Å². The van der Waals surface area contributed by atoms with Gasteiger partial charge < -0.3 is 42.0 Å². The molecule has 3 aromatic carbocycles. The van der Waals surface area contributed by atoms with E-state index >= 15 is 0 Å². The van der Waals surface area contributed by atoms with Crippen molar-refractivity contribution in [3.63, 3.8) is 0 Å². The molecule has 8 N–H and O–H groups in total. The number of hydrogen-bond acceptors (Lipinski definition) is 8. The molecule has 2 amide bonds. The zero-order chi connectivity index (χ0) is 32.6.